The van der Waals surface area contributed by atoms with Gasteiger partial charge in [-0.2, -0.15) is 0 Å². The summed E-state index contributed by atoms with van der Waals surface area (Å²) in [6.45, 7) is 3.70. The number of piperazine rings is 1. The third-order valence-electron chi connectivity index (χ3n) is 4.37. The molecule has 1 N–H and O–H groups in total. The van der Waals surface area contributed by atoms with Gasteiger partial charge in [0.15, 0.2) is 0 Å². The van der Waals surface area contributed by atoms with E-state index in [-0.39, 0.29) is 30.0 Å². The molecule has 2 saturated heterocycles. The van der Waals surface area contributed by atoms with Crippen molar-refractivity contribution in [1.82, 2.24) is 15.1 Å². The highest BCUT2D eigenvalue weighted by Gasteiger charge is 2.31. The summed E-state index contributed by atoms with van der Waals surface area (Å²) >= 11 is 0. The summed E-state index contributed by atoms with van der Waals surface area (Å²) in [7, 11) is 0. The second-order valence-corrected chi connectivity index (χ2v) is 5.83. The van der Waals surface area contributed by atoms with E-state index in [2.05, 4.69) is 5.32 Å². The Bertz CT molecular complexity index is 566. The summed E-state index contributed by atoms with van der Waals surface area (Å²) < 4.78 is 13.6. The van der Waals surface area contributed by atoms with Crippen LogP contribution >= 0.6 is 0 Å². The van der Waals surface area contributed by atoms with Gasteiger partial charge in [0.05, 0.1) is 12.3 Å². The van der Waals surface area contributed by atoms with Crippen LogP contribution in [0.25, 0.3) is 0 Å². The van der Waals surface area contributed by atoms with Gasteiger partial charge in [-0.15, -0.1) is 0 Å². The minimum Gasteiger partial charge on any atom is -0.339 e. The molecule has 5 nitrogen and oxygen atoms in total. The molecule has 3 rings (SSSR count). The van der Waals surface area contributed by atoms with Crippen LogP contribution in [0.2, 0.25) is 0 Å². The average Bonchev–Trinajstić information content (AvgIpc) is 2.48. The highest BCUT2D eigenvalue weighted by molar-refractivity contribution is 5.81. The van der Waals surface area contributed by atoms with Crippen LogP contribution in [0.5, 0.6) is 0 Å². The van der Waals surface area contributed by atoms with Crippen LogP contribution in [0.1, 0.15) is 5.56 Å². The molecule has 0 spiro atoms. The van der Waals surface area contributed by atoms with Crippen LogP contribution < -0.4 is 5.32 Å². The zero-order valence-corrected chi connectivity index (χ0v) is 12.4. The van der Waals surface area contributed by atoms with E-state index in [9.17, 15) is 14.0 Å². The fraction of sp³-hybridized carbons (Fsp3) is 0.500. The maximum absolute atomic E-state index is 13.6. The zero-order valence-electron chi connectivity index (χ0n) is 12.4. The highest BCUT2D eigenvalue weighted by atomic mass is 19.1. The number of carbonyl (C=O) groups is 2. The lowest BCUT2D eigenvalue weighted by Crippen LogP contribution is -2.57. The van der Waals surface area contributed by atoms with Crippen molar-refractivity contribution in [2.75, 3.05) is 39.3 Å². The van der Waals surface area contributed by atoms with Gasteiger partial charge < -0.3 is 15.1 Å². The molecule has 0 saturated carbocycles. The monoisotopic (exact) mass is 305 g/mol. The average molecular weight is 305 g/mol. The molecule has 0 bridgehead atoms. The Morgan fingerprint density at radius 2 is 1.73 bits per heavy atom. The van der Waals surface area contributed by atoms with E-state index in [4.69, 9.17) is 0 Å². The lowest BCUT2D eigenvalue weighted by atomic mass is 10.0. The Labute approximate surface area is 129 Å². The van der Waals surface area contributed by atoms with Gasteiger partial charge in [0, 0.05) is 39.3 Å². The third kappa shape index (κ3) is 3.11. The molecule has 22 heavy (non-hydrogen) atoms. The predicted molar refractivity (Wildman–Crippen MR) is 79.6 cm³/mol. The number of hydrogen-bond donors (Lipinski definition) is 1. The number of nitrogens with zero attached hydrogens (tertiary/aromatic N) is 2. The van der Waals surface area contributed by atoms with Gasteiger partial charge in [-0.05, 0) is 11.6 Å². The Kier molecular flexibility index (Phi) is 4.38. The molecule has 1 aromatic carbocycles. The van der Waals surface area contributed by atoms with E-state index < -0.39 is 0 Å². The van der Waals surface area contributed by atoms with Gasteiger partial charge in [0.1, 0.15) is 5.82 Å². The van der Waals surface area contributed by atoms with Crippen molar-refractivity contribution in [1.29, 1.82) is 0 Å². The number of nitrogens with one attached hydrogen (secondary N) is 1. The quantitative estimate of drug-likeness (QED) is 0.871. The van der Waals surface area contributed by atoms with Gasteiger partial charge in [-0.1, -0.05) is 18.2 Å². The molecular weight excluding hydrogens is 285 g/mol. The molecule has 2 heterocycles. The second-order valence-electron chi connectivity index (χ2n) is 5.83. The number of carbonyl (C=O) groups excluding carboxylic acids is 2. The first-order chi connectivity index (χ1) is 10.6. The van der Waals surface area contributed by atoms with Crippen molar-refractivity contribution in [3.63, 3.8) is 0 Å². The largest absolute Gasteiger partial charge is 0.339 e. The fourth-order valence-electron chi connectivity index (χ4n) is 2.81. The molecule has 2 fully saturated rings. The van der Waals surface area contributed by atoms with E-state index >= 15 is 0 Å². The molecule has 1 aromatic rings. The number of hydrogen-bond acceptors (Lipinski definition) is 3. The molecule has 0 radical (unpaired) electrons. The highest BCUT2D eigenvalue weighted by Crippen LogP contribution is 2.13. The molecule has 118 valence electrons. The standard InChI is InChI=1S/C16H20FN3O2/c17-14-4-2-1-3-12(14)9-15(21)19-5-7-20(8-6-19)16(22)13-10-18-11-13/h1-4,13,18H,5-11H2. The Morgan fingerprint density at radius 1 is 1.09 bits per heavy atom. The molecule has 0 unspecified atom stereocenters. The molecule has 6 heteroatoms. The molecule has 2 aliphatic rings. The summed E-state index contributed by atoms with van der Waals surface area (Å²) in [5, 5.41) is 3.09. The van der Waals surface area contributed by atoms with E-state index in [1.165, 1.54) is 6.07 Å². The first-order valence-electron chi connectivity index (χ1n) is 7.66. The Balaban J connectivity index is 1.51. The minimum absolute atomic E-state index is 0.0766. The number of benzene rings is 1. The second kappa shape index (κ2) is 6.44. The summed E-state index contributed by atoms with van der Waals surface area (Å²) in [6, 6.07) is 6.35. The van der Waals surface area contributed by atoms with Gasteiger partial charge in [0.2, 0.25) is 11.8 Å². The van der Waals surface area contributed by atoms with Crippen molar-refractivity contribution in [3.05, 3.63) is 35.6 Å². The number of amides is 2. The SMILES string of the molecule is O=C(Cc1ccccc1F)N1CCN(C(=O)C2CNC2)CC1. The van der Waals surface area contributed by atoms with Crippen molar-refractivity contribution in [3.8, 4) is 0 Å². The first-order valence-corrected chi connectivity index (χ1v) is 7.66. The van der Waals surface area contributed by atoms with Crippen molar-refractivity contribution < 1.29 is 14.0 Å². The summed E-state index contributed by atoms with van der Waals surface area (Å²) in [6.07, 6.45) is 0.0766. The van der Waals surface area contributed by atoms with Gasteiger partial charge in [0.25, 0.3) is 0 Å². The summed E-state index contributed by atoms with van der Waals surface area (Å²) in [5.41, 5.74) is 0.423. The van der Waals surface area contributed by atoms with E-state index in [1.54, 1.807) is 23.1 Å². The van der Waals surface area contributed by atoms with Gasteiger partial charge >= 0.3 is 0 Å². The van der Waals surface area contributed by atoms with Crippen LogP contribution in [0.15, 0.2) is 24.3 Å². The van der Waals surface area contributed by atoms with Crippen molar-refractivity contribution >= 4 is 11.8 Å². The van der Waals surface area contributed by atoms with E-state index in [0.29, 0.717) is 31.7 Å². The summed E-state index contributed by atoms with van der Waals surface area (Å²) in [5.74, 6) is -0.148. The topological polar surface area (TPSA) is 52.7 Å². The lowest BCUT2D eigenvalue weighted by Gasteiger charge is -2.38. The van der Waals surface area contributed by atoms with Crippen molar-refractivity contribution in [2.45, 2.75) is 6.42 Å². The lowest BCUT2D eigenvalue weighted by molar-refractivity contribution is -0.143. The molecule has 0 atom stereocenters. The fourth-order valence-corrected chi connectivity index (χ4v) is 2.81. The van der Waals surface area contributed by atoms with Crippen molar-refractivity contribution in [2.24, 2.45) is 5.92 Å². The predicted octanol–water partition coefficient (Wildman–Crippen LogP) is 0.258. The van der Waals surface area contributed by atoms with Gasteiger partial charge in [-0.3, -0.25) is 9.59 Å². The molecule has 0 aliphatic carbocycles. The smallest absolute Gasteiger partial charge is 0.228 e. The maximum atomic E-state index is 13.6. The molecule has 2 aliphatic heterocycles. The van der Waals surface area contributed by atoms with Crippen LogP contribution in [0, 0.1) is 11.7 Å². The summed E-state index contributed by atoms with van der Waals surface area (Å²) in [4.78, 5) is 27.9. The van der Waals surface area contributed by atoms with Crippen LogP contribution in [0.4, 0.5) is 4.39 Å². The number of rotatable bonds is 3. The normalized spacial score (nSPS) is 19.0. The Morgan fingerprint density at radius 3 is 2.32 bits per heavy atom. The first kappa shape index (κ1) is 15.0. The third-order valence-corrected chi connectivity index (χ3v) is 4.37. The van der Waals surface area contributed by atoms with Crippen LogP contribution in [-0.2, 0) is 16.0 Å². The molecule has 0 aromatic heterocycles. The van der Waals surface area contributed by atoms with E-state index in [1.807, 2.05) is 4.90 Å². The molecule has 2 amide bonds. The van der Waals surface area contributed by atoms with Gasteiger partial charge in [-0.25, -0.2) is 4.39 Å². The molecular formula is C16H20FN3O2. The maximum Gasteiger partial charge on any atom is 0.228 e. The van der Waals surface area contributed by atoms with Crippen LogP contribution in [-0.4, -0.2) is 60.9 Å². The Hall–Kier alpha value is -1.95. The van der Waals surface area contributed by atoms with E-state index in [0.717, 1.165) is 13.1 Å². The minimum atomic E-state index is -0.345. The van der Waals surface area contributed by atoms with Crippen LogP contribution in [0.3, 0.4) is 0 Å². The number of halogens is 1. The zero-order chi connectivity index (χ0) is 15.5.